The molecular weight excluding hydrogens is 442 g/mol. The Morgan fingerprint density at radius 1 is 1.04 bits per heavy atom. The molecule has 3 aromatic rings. The van der Waals surface area contributed by atoms with Crippen LogP contribution in [0.3, 0.4) is 0 Å². The number of hydrogen-bond donors (Lipinski definition) is 1. The summed E-state index contributed by atoms with van der Waals surface area (Å²) in [6.45, 7) is 0. The minimum Gasteiger partial charge on any atom is -0.497 e. The third-order valence-corrected chi connectivity index (χ3v) is 5.25. The van der Waals surface area contributed by atoms with Crippen molar-refractivity contribution in [1.82, 2.24) is 10.2 Å². The fourth-order valence-electron chi connectivity index (χ4n) is 2.42. The number of halogens is 1. The predicted molar refractivity (Wildman–Crippen MR) is 114 cm³/mol. The van der Waals surface area contributed by atoms with Gasteiger partial charge in [0.05, 0.1) is 25.7 Å². The van der Waals surface area contributed by atoms with E-state index in [9.17, 15) is 4.79 Å². The molecule has 3 rings (SSSR count). The lowest BCUT2D eigenvalue weighted by molar-refractivity contribution is -0.113. The average Bonchev–Trinajstić information content (AvgIpc) is 2.74. The van der Waals surface area contributed by atoms with Crippen molar-refractivity contribution in [2.45, 2.75) is 5.03 Å². The number of hydrogen-bond acceptors (Lipinski definition) is 6. The fraction of sp³-hybridized carbons (Fsp3) is 0.150. The molecule has 0 bridgehead atoms. The van der Waals surface area contributed by atoms with Crippen LogP contribution in [0.1, 0.15) is 0 Å². The first-order valence-corrected chi connectivity index (χ1v) is 10.1. The summed E-state index contributed by atoms with van der Waals surface area (Å²) in [6, 6.07) is 16.6. The second kappa shape index (κ2) is 9.57. The lowest BCUT2D eigenvalue weighted by Crippen LogP contribution is -2.14. The molecule has 1 heterocycles. The molecule has 6 nitrogen and oxygen atoms in total. The van der Waals surface area contributed by atoms with Crippen LogP contribution in [0, 0.1) is 0 Å². The first-order valence-electron chi connectivity index (χ1n) is 8.33. The van der Waals surface area contributed by atoms with Crippen LogP contribution < -0.4 is 14.8 Å². The Morgan fingerprint density at radius 2 is 1.82 bits per heavy atom. The van der Waals surface area contributed by atoms with Gasteiger partial charge in [-0.25, -0.2) is 0 Å². The van der Waals surface area contributed by atoms with Crippen LogP contribution in [0.5, 0.6) is 11.5 Å². The number of methoxy groups -OCH3 is 2. The van der Waals surface area contributed by atoms with E-state index in [-0.39, 0.29) is 11.7 Å². The molecule has 0 unspecified atom stereocenters. The largest absolute Gasteiger partial charge is 0.497 e. The molecule has 144 valence electrons. The molecule has 1 amide bonds. The zero-order valence-corrected chi connectivity index (χ0v) is 17.7. The topological polar surface area (TPSA) is 73.3 Å². The van der Waals surface area contributed by atoms with E-state index in [0.717, 1.165) is 15.7 Å². The van der Waals surface area contributed by atoms with E-state index < -0.39 is 0 Å². The summed E-state index contributed by atoms with van der Waals surface area (Å²) >= 11 is 4.69. The molecule has 0 aliphatic heterocycles. The number of amides is 1. The lowest BCUT2D eigenvalue weighted by atomic mass is 10.1. The van der Waals surface area contributed by atoms with Gasteiger partial charge >= 0.3 is 0 Å². The number of anilines is 1. The highest BCUT2D eigenvalue weighted by atomic mass is 79.9. The molecule has 0 aliphatic carbocycles. The number of benzene rings is 2. The van der Waals surface area contributed by atoms with Gasteiger partial charge in [-0.05, 0) is 48.5 Å². The van der Waals surface area contributed by atoms with E-state index in [1.54, 1.807) is 20.3 Å². The Kier molecular flexibility index (Phi) is 6.89. The molecule has 1 aromatic heterocycles. The van der Waals surface area contributed by atoms with E-state index in [1.807, 2.05) is 48.5 Å². The molecule has 0 radical (unpaired) electrons. The van der Waals surface area contributed by atoms with Crippen molar-refractivity contribution in [3.63, 3.8) is 0 Å². The minimum absolute atomic E-state index is 0.102. The van der Waals surface area contributed by atoms with Gasteiger partial charge in [0.1, 0.15) is 16.5 Å². The van der Waals surface area contributed by atoms with E-state index in [2.05, 4.69) is 31.4 Å². The highest BCUT2D eigenvalue weighted by Crippen LogP contribution is 2.32. The maximum Gasteiger partial charge on any atom is 0.234 e. The van der Waals surface area contributed by atoms with Crippen molar-refractivity contribution in [1.29, 1.82) is 0 Å². The van der Waals surface area contributed by atoms with Crippen LogP contribution in [-0.4, -0.2) is 36.1 Å². The van der Waals surface area contributed by atoms with E-state index in [4.69, 9.17) is 9.47 Å². The number of carbonyl (C=O) groups is 1. The molecule has 0 saturated carbocycles. The van der Waals surface area contributed by atoms with Gasteiger partial charge in [0.15, 0.2) is 0 Å². The highest BCUT2D eigenvalue weighted by molar-refractivity contribution is 9.10. The zero-order valence-electron chi connectivity index (χ0n) is 15.3. The molecular formula is C20H18BrN3O3S. The smallest absolute Gasteiger partial charge is 0.234 e. The van der Waals surface area contributed by atoms with Gasteiger partial charge in [-0.2, -0.15) is 0 Å². The second-order valence-electron chi connectivity index (χ2n) is 5.67. The van der Waals surface area contributed by atoms with E-state index in [1.165, 1.54) is 11.8 Å². The van der Waals surface area contributed by atoms with Gasteiger partial charge in [-0.15, -0.1) is 10.2 Å². The number of carbonyl (C=O) groups excluding carboxylic acids is 1. The van der Waals surface area contributed by atoms with E-state index >= 15 is 0 Å². The summed E-state index contributed by atoms with van der Waals surface area (Å²) < 4.78 is 11.6. The van der Waals surface area contributed by atoms with Crippen molar-refractivity contribution in [2.24, 2.45) is 0 Å². The number of thioether (sulfide) groups is 1. The van der Waals surface area contributed by atoms with Crippen molar-refractivity contribution < 1.29 is 14.3 Å². The lowest BCUT2D eigenvalue weighted by Gasteiger charge is -2.10. The standard InChI is InChI=1S/C20H18BrN3O3S/c1-26-15-7-8-16(18(11-15)27-2)17-9-10-20(24-23-17)28-12-19(25)22-14-5-3-13(21)4-6-14/h3-11H,12H2,1-2H3,(H,22,25). The Balaban J connectivity index is 1.61. The van der Waals surface area contributed by atoms with Crippen molar-refractivity contribution in [3.8, 4) is 22.8 Å². The summed E-state index contributed by atoms with van der Waals surface area (Å²) in [7, 11) is 3.20. The summed E-state index contributed by atoms with van der Waals surface area (Å²) in [5, 5.41) is 12.0. The second-order valence-corrected chi connectivity index (χ2v) is 7.58. The van der Waals surface area contributed by atoms with Crippen LogP contribution in [-0.2, 0) is 4.79 Å². The van der Waals surface area contributed by atoms with Gasteiger partial charge in [0.2, 0.25) is 5.91 Å². The van der Waals surface area contributed by atoms with Gasteiger partial charge in [-0.3, -0.25) is 4.79 Å². The van der Waals surface area contributed by atoms with Gasteiger partial charge in [0, 0.05) is 21.8 Å². The first kappa shape index (κ1) is 20.2. The molecule has 0 aliphatic rings. The minimum atomic E-state index is -0.102. The zero-order chi connectivity index (χ0) is 19.9. The van der Waals surface area contributed by atoms with Crippen LogP contribution in [0.25, 0.3) is 11.3 Å². The highest BCUT2D eigenvalue weighted by Gasteiger charge is 2.10. The molecule has 0 saturated heterocycles. The third kappa shape index (κ3) is 5.24. The SMILES string of the molecule is COc1ccc(-c2ccc(SCC(=O)Nc3ccc(Br)cc3)nn2)c(OC)c1. The Hall–Kier alpha value is -2.58. The summed E-state index contributed by atoms with van der Waals surface area (Å²) in [4.78, 5) is 12.1. The summed E-state index contributed by atoms with van der Waals surface area (Å²) in [5.74, 6) is 1.51. The predicted octanol–water partition coefficient (Wildman–Crippen LogP) is 4.65. The van der Waals surface area contributed by atoms with Crippen molar-refractivity contribution in [2.75, 3.05) is 25.3 Å². The Bertz CT molecular complexity index is 950. The number of aromatic nitrogens is 2. The van der Waals surface area contributed by atoms with Crippen LogP contribution in [0.2, 0.25) is 0 Å². The molecule has 2 aromatic carbocycles. The van der Waals surface area contributed by atoms with Crippen LogP contribution >= 0.6 is 27.7 Å². The third-order valence-electron chi connectivity index (χ3n) is 3.80. The first-order chi connectivity index (χ1) is 13.6. The number of ether oxygens (including phenoxy) is 2. The Labute approximate surface area is 175 Å². The van der Waals surface area contributed by atoms with Crippen molar-refractivity contribution >= 4 is 39.3 Å². The number of nitrogens with one attached hydrogen (secondary N) is 1. The van der Waals surface area contributed by atoms with Crippen molar-refractivity contribution in [3.05, 3.63) is 59.1 Å². The molecule has 28 heavy (non-hydrogen) atoms. The quantitative estimate of drug-likeness (QED) is 0.518. The number of nitrogens with zero attached hydrogens (tertiary/aromatic N) is 2. The maximum absolute atomic E-state index is 12.1. The molecule has 0 spiro atoms. The van der Waals surface area contributed by atoms with E-state index in [0.29, 0.717) is 22.2 Å². The molecule has 8 heteroatoms. The normalized spacial score (nSPS) is 10.4. The summed E-state index contributed by atoms with van der Waals surface area (Å²) in [6.07, 6.45) is 0. The summed E-state index contributed by atoms with van der Waals surface area (Å²) in [5.41, 5.74) is 2.25. The molecule has 0 fully saturated rings. The fourth-order valence-corrected chi connectivity index (χ4v) is 3.30. The van der Waals surface area contributed by atoms with Crippen LogP contribution in [0.15, 0.2) is 64.1 Å². The maximum atomic E-state index is 12.1. The van der Waals surface area contributed by atoms with Gasteiger partial charge < -0.3 is 14.8 Å². The van der Waals surface area contributed by atoms with Gasteiger partial charge in [0.25, 0.3) is 0 Å². The Morgan fingerprint density at radius 3 is 2.46 bits per heavy atom. The number of rotatable bonds is 7. The monoisotopic (exact) mass is 459 g/mol. The van der Waals surface area contributed by atoms with Crippen LogP contribution in [0.4, 0.5) is 5.69 Å². The average molecular weight is 460 g/mol. The van der Waals surface area contributed by atoms with Gasteiger partial charge in [-0.1, -0.05) is 27.7 Å². The molecule has 0 atom stereocenters. The molecule has 1 N–H and O–H groups in total.